The Labute approximate surface area is 110 Å². The van der Waals surface area contributed by atoms with Gasteiger partial charge in [0.1, 0.15) is 5.75 Å². The monoisotopic (exact) mass is 248 g/mol. The Kier molecular flexibility index (Phi) is 4.61. The summed E-state index contributed by atoms with van der Waals surface area (Å²) in [5.74, 6) is 0.987. The molecule has 0 saturated heterocycles. The van der Waals surface area contributed by atoms with Crippen LogP contribution in [0.15, 0.2) is 12.1 Å². The van der Waals surface area contributed by atoms with Gasteiger partial charge in [0.05, 0.1) is 7.11 Å². The van der Waals surface area contributed by atoms with Gasteiger partial charge in [-0.15, -0.1) is 0 Å². The first kappa shape index (κ1) is 13.4. The molecule has 0 aliphatic heterocycles. The molecule has 18 heavy (non-hydrogen) atoms. The van der Waals surface area contributed by atoms with E-state index >= 15 is 0 Å². The van der Waals surface area contributed by atoms with E-state index in [2.05, 4.69) is 36.6 Å². The molecule has 1 aromatic carbocycles. The minimum Gasteiger partial charge on any atom is -0.496 e. The van der Waals surface area contributed by atoms with Gasteiger partial charge in [-0.25, -0.2) is 0 Å². The van der Waals surface area contributed by atoms with E-state index in [1.807, 2.05) is 0 Å². The smallest absolute Gasteiger partial charge is 0.123 e. The molecule has 100 valence electrons. The fraction of sp³-hybridized carbons (Fsp3) is 0.600. The van der Waals surface area contributed by atoms with Crippen LogP contribution in [0.1, 0.15) is 29.5 Å². The minimum absolute atomic E-state index is 0.794. The average molecular weight is 248 g/mol. The highest BCUT2D eigenvalue weighted by atomic mass is 16.5. The van der Waals surface area contributed by atoms with Gasteiger partial charge >= 0.3 is 0 Å². The Morgan fingerprint density at radius 3 is 2.56 bits per heavy atom. The molecular weight excluding hydrogens is 224 g/mol. The van der Waals surface area contributed by atoms with Crippen molar-refractivity contribution < 1.29 is 4.74 Å². The van der Waals surface area contributed by atoms with Crippen LogP contribution in [-0.2, 0) is 6.54 Å². The van der Waals surface area contributed by atoms with Crippen LogP contribution in [0.4, 0.5) is 0 Å². The summed E-state index contributed by atoms with van der Waals surface area (Å²) < 4.78 is 5.43. The van der Waals surface area contributed by atoms with Gasteiger partial charge in [0.25, 0.3) is 0 Å². The zero-order valence-electron chi connectivity index (χ0n) is 11.7. The Bertz CT molecular complexity index is 400. The lowest BCUT2D eigenvalue weighted by atomic mass is 10.0. The molecular formula is C15H24N2O. The van der Waals surface area contributed by atoms with E-state index in [1.54, 1.807) is 7.11 Å². The fourth-order valence-corrected chi connectivity index (χ4v) is 2.05. The second kappa shape index (κ2) is 6.21. The van der Waals surface area contributed by atoms with Crippen LogP contribution in [-0.4, -0.2) is 26.2 Å². The van der Waals surface area contributed by atoms with E-state index in [9.17, 15) is 0 Å². The van der Waals surface area contributed by atoms with Crippen LogP contribution in [0.5, 0.6) is 5.75 Å². The fourth-order valence-electron chi connectivity index (χ4n) is 2.05. The third kappa shape index (κ3) is 3.72. The highest BCUT2D eigenvalue weighted by molar-refractivity contribution is 5.41. The summed E-state index contributed by atoms with van der Waals surface area (Å²) in [6.07, 6.45) is 2.70. The topological polar surface area (TPSA) is 33.3 Å². The summed E-state index contributed by atoms with van der Waals surface area (Å²) >= 11 is 0. The van der Waals surface area contributed by atoms with Gasteiger partial charge in [-0.2, -0.15) is 0 Å². The zero-order valence-corrected chi connectivity index (χ0v) is 11.7. The lowest BCUT2D eigenvalue weighted by molar-refractivity contribution is 0.407. The van der Waals surface area contributed by atoms with Crippen molar-refractivity contribution in [2.75, 3.05) is 20.2 Å². The highest BCUT2D eigenvalue weighted by Crippen LogP contribution is 2.22. The first-order valence-electron chi connectivity index (χ1n) is 6.79. The second-order valence-corrected chi connectivity index (χ2v) is 5.15. The molecule has 0 heterocycles. The van der Waals surface area contributed by atoms with Gasteiger partial charge in [0.2, 0.25) is 0 Å². The lowest BCUT2D eigenvalue weighted by Crippen LogP contribution is -2.28. The van der Waals surface area contributed by atoms with Crippen LogP contribution < -0.4 is 15.4 Å². The Morgan fingerprint density at radius 2 is 1.89 bits per heavy atom. The molecule has 0 unspecified atom stereocenters. The van der Waals surface area contributed by atoms with Crippen molar-refractivity contribution in [2.24, 2.45) is 0 Å². The lowest BCUT2D eigenvalue weighted by Gasteiger charge is -2.12. The molecule has 0 aromatic heterocycles. The van der Waals surface area contributed by atoms with E-state index in [-0.39, 0.29) is 0 Å². The van der Waals surface area contributed by atoms with Gasteiger partial charge in [-0.3, -0.25) is 0 Å². The summed E-state index contributed by atoms with van der Waals surface area (Å²) in [5, 5.41) is 6.96. The molecule has 0 spiro atoms. The number of hydrogen-bond donors (Lipinski definition) is 2. The first-order chi connectivity index (χ1) is 8.70. The molecule has 1 fully saturated rings. The van der Waals surface area contributed by atoms with Crippen molar-refractivity contribution in [3.63, 3.8) is 0 Å². The highest BCUT2D eigenvalue weighted by Gasteiger charge is 2.19. The molecule has 3 nitrogen and oxygen atoms in total. The van der Waals surface area contributed by atoms with Crippen molar-refractivity contribution >= 4 is 0 Å². The third-order valence-corrected chi connectivity index (χ3v) is 3.52. The van der Waals surface area contributed by atoms with Crippen molar-refractivity contribution in [3.05, 3.63) is 28.8 Å². The van der Waals surface area contributed by atoms with E-state index in [1.165, 1.54) is 29.5 Å². The Balaban J connectivity index is 1.81. The largest absolute Gasteiger partial charge is 0.496 e. The van der Waals surface area contributed by atoms with Crippen LogP contribution in [0, 0.1) is 13.8 Å². The van der Waals surface area contributed by atoms with E-state index < -0.39 is 0 Å². The number of aryl methyl sites for hydroxylation is 2. The summed E-state index contributed by atoms with van der Waals surface area (Å²) in [6.45, 7) is 7.20. The average Bonchev–Trinajstić information content (AvgIpc) is 3.16. The number of methoxy groups -OCH3 is 1. The molecule has 0 radical (unpaired) electrons. The molecule has 1 saturated carbocycles. The van der Waals surface area contributed by atoms with Gasteiger partial charge in [0, 0.05) is 31.2 Å². The molecule has 1 aliphatic carbocycles. The van der Waals surface area contributed by atoms with Gasteiger partial charge in [-0.05, 0) is 43.9 Å². The maximum Gasteiger partial charge on any atom is 0.123 e. The molecule has 3 heteroatoms. The molecule has 1 aliphatic rings. The summed E-state index contributed by atoms with van der Waals surface area (Å²) in [4.78, 5) is 0. The number of rotatable bonds is 7. The van der Waals surface area contributed by atoms with E-state index in [4.69, 9.17) is 4.74 Å². The van der Waals surface area contributed by atoms with Crippen LogP contribution >= 0.6 is 0 Å². The minimum atomic E-state index is 0.794. The summed E-state index contributed by atoms with van der Waals surface area (Å²) in [6, 6.07) is 5.13. The van der Waals surface area contributed by atoms with E-state index in [0.717, 1.165) is 31.4 Å². The molecule has 0 amide bonds. The predicted molar refractivity (Wildman–Crippen MR) is 75.2 cm³/mol. The standard InChI is InChI=1S/C15H24N2O/c1-11-8-13(15(18-3)9-12(11)2)10-16-6-7-17-14-4-5-14/h8-9,14,16-17H,4-7,10H2,1-3H3. The SMILES string of the molecule is COc1cc(C)c(C)cc1CNCCNC1CC1. The molecule has 2 rings (SSSR count). The first-order valence-corrected chi connectivity index (χ1v) is 6.79. The van der Waals surface area contributed by atoms with Gasteiger partial charge in [-0.1, -0.05) is 6.07 Å². The molecule has 1 aromatic rings. The van der Waals surface area contributed by atoms with Gasteiger partial charge < -0.3 is 15.4 Å². The molecule has 0 bridgehead atoms. The van der Waals surface area contributed by atoms with Crippen LogP contribution in [0.3, 0.4) is 0 Å². The van der Waals surface area contributed by atoms with Crippen molar-refractivity contribution in [3.8, 4) is 5.75 Å². The maximum absolute atomic E-state index is 5.43. The number of benzene rings is 1. The molecule has 0 atom stereocenters. The third-order valence-electron chi connectivity index (χ3n) is 3.52. The van der Waals surface area contributed by atoms with Crippen LogP contribution in [0.2, 0.25) is 0 Å². The quantitative estimate of drug-likeness (QED) is 0.725. The van der Waals surface area contributed by atoms with Gasteiger partial charge in [0.15, 0.2) is 0 Å². The van der Waals surface area contributed by atoms with Crippen LogP contribution in [0.25, 0.3) is 0 Å². The molecule has 2 N–H and O–H groups in total. The number of hydrogen-bond acceptors (Lipinski definition) is 3. The summed E-state index contributed by atoms with van der Waals surface area (Å²) in [7, 11) is 1.74. The van der Waals surface area contributed by atoms with E-state index in [0.29, 0.717) is 0 Å². The maximum atomic E-state index is 5.43. The Morgan fingerprint density at radius 1 is 1.17 bits per heavy atom. The summed E-state index contributed by atoms with van der Waals surface area (Å²) in [5.41, 5.74) is 3.85. The predicted octanol–water partition coefficient (Wildman–Crippen LogP) is 2.15. The normalized spacial score (nSPS) is 14.8. The Hall–Kier alpha value is -1.06. The zero-order chi connectivity index (χ0) is 13.0. The second-order valence-electron chi connectivity index (χ2n) is 5.15. The number of ether oxygens (including phenoxy) is 1. The van der Waals surface area contributed by atoms with Crippen molar-refractivity contribution in [1.82, 2.24) is 10.6 Å². The number of nitrogens with one attached hydrogen (secondary N) is 2. The van der Waals surface area contributed by atoms with Crippen molar-refractivity contribution in [2.45, 2.75) is 39.3 Å². The van der Waals surface area contributed by atoms with Crippen molar-refractivity contribution in [1.29, 1.82) is 0 Å².